The molecule has 0 radical (unpaired) electrons. The normalized spacial score (nSPS) is 21.4. The highest BCUT2D eigenvalue weighted by molar-refractivity contribution is 5.82. The minimum atomic E-state index is -6.29. The summed E-state index contributed by atoms with van der Waals surface area (Å²) in [4.78, 5) is 46.2. The van der Waals surface area contributed by atoms with Crippen LogP contribution in [0.3, 0.4) is 0 Å². The summed E-state index contributed by atoms with van der Waals surface area (Å²) in [6, 6.07) is 0. The van der Waals surface area contributed by atoms with Gasteiger partial charge >= 0.3 is 66.0 Å². The first-order valence-electron chi connectivity index (χ1n) is 23.9. The van der Waals surface area contributed by atoms with Gasteiger partial charge in [0.05, 0.1) is 29.3 Å². The smallest absolute Gasteiger partial charge is 0.437 e. The van der Waals surface area contributed by atoms with E-state index in [2.05, 4.69) is 9.47 Å². The molecule has 3 unspecified atom stereocenters. The Labute approximate surface area is 434 Å². The summed E-state index contributed by atoms with van der Waals surface area (Å²) < 4.78 is 294. The second kappa shape index (κ2) is 25.2. The van der Waals surface area contributed by atoms with Crippen molar-refractivity contribution in [3.8, 4) is 0 Å². The second-order valence-corrected chi connectivity index (χ2v) is 20.7. The van der Waals surface area contributed by atoms with Crippen LogP contribution in [0.1, 0.15) is 152 Å². The second-order valence-electron chi connectivity index (χ2n) is 20.7. The number of benzene rings is 1. The maximum atomic E-state index is 13.8. The predicted octanol–water partition coefficient (Wildman–Crippen LogP) is 14.7. The van der Waals surface area contributed by atoms with Crippen LogP contribution >= 0.6 is 0 Å². The van der Waals surface area contributed by atoms with Crippen LogP contribution in [0.4, 0.5) is 92.2 Å². The van der Waals surface area contributed by atoms with Crippen LogP contribution in [0.2, 0.25) is 0 Å². The number of aliphatic hydroxyl groups is 1. The molecule has 2 aliphatic carbocycles. The number of halogens is 21. The average Bonchev–Trinajstić information content (AvgIpc) is 3.73. The number of carbonyl (C=O) groups excluding carboxylic acids is 4. The van der Waals surface area contributed by atoms with Crippen LogP contribution < -0.4 is 0 Å². The van der Waals surface area contributed by atoms with Crippen LogP contribution in [-0.4, -0.2) is 95.6 Å². The van der Waals surface area contributed by atoms with Gasteiger partial charge in [0.1, 0.15) is 0 Å². The van der Waals surface area contributed by atoms with Gasteiger partial charge in [0.25, 0.3) is 5.60 Å². The topological polar surface area (TPSA) is 125 Å². The van der Waals surface area contributed by atoms with Gasteiger partial charge in [0.2, 0.25) is 11.9 Å². The molecular formula is C48H61F21O9. The van der Waals surface area contributed by atoms with Crippen molar-refractivity contribution in [2.24, 2.45) is 28.1 Å². The van der Waals surface area contributed by atoms with E-state index in [1.165, 1.54) is 27.7 Å². The van der Waals surface area contributed by atoms with Crippen molar-refractivity contribution in [3.05, 3.63) is 34.6 Å². The van der Waals surface area contributed by atoms with Crippen molar-refractivity contribution < 1.29 is 135 Å². The molecule has 1 aliphatic heterocycles. The van der Waals surface area contributed by atoms with Crippen LogP contribution in [-0.2, 0) is 38.1 Å². The molecule has 0 aromatic heterocycles. The molecule has 30 heteroatoms. The fourth-order valence-electron chi connectivity index (χ4n) is 7.22. The Balaban J connectivity index is 0.000000565. The van der Waals surface area contributed by atoms with Gasteiger partial charge in [-0.1, -0.05) is 34.6 Å². The van der Waals surface area contributed by atoms with Crippen molar-refractivity contribution >= 4 is 23.9 Å². The third-order valence-electron chi connectivity index (χ3n) is 14.2. The van der Waals surface area contributed by atoms with Gasteiger partial charge in [0.15, 0.2) is 29.4 Å². The molecule has 3 aliphatic rings. The molecule has 9 nitrogen and oxygen atoms in total. The number of cyclic esters (lactones) is 1. The number of rotatable bonds is 13. The molecule has 1 heterocycles. The van der Waals surface area contributed by atoms with Crippen molar-refractivity contribution in [1.29, 1.82) is 0 Å². The van der Waals surface area contributed by atoms with Crippen molar-refractivity contribution in [2.75, 3.05) is 6.61 Å². The number of carbonyl (C=O) groups is 4. The lowest BCUT2D eigenvalue weighted by Gasteiger charge is -2.47. The molecule has 3 fully saturated rings. The quantitative estimate of drug-likeness (QED) is 0.0676. The average molecular weight is 1180 g/mol. The first kappa shape index (κ1) is 71.6. The molecule has 1 saturated heterocycles. The highest BCUT2D eigenvalue weighted by atomic mass is 19.4. The van der Waals surface area contributed by atoms with Gasteiger partial charge in [-0.2, -0.15) is 70.2 Å². The number of hydrogen-bond acceptors (Lipinski definition) is 9. The lowest BCUT2D eigenvalue weighted by Crippen LogP contribution is -2.66. The molecule has 0 bridgehead atoms. The molecule has 1 aromatic rings. The van der Waals surface area contributed by atoms with E-state index < -0.39 is 179 Å². The van der Waals surface area contributed by atoms with Gasteiger partial charge in [-0.3, -0.25) is 14.4 Å². The molecule has 1 aromatic carbocycles. The number of esters is 4. The van der Waals surface area contributed by atoms with E-state index in [4.69, 9.17) is 9.47 Å². The molecular weight excluding hydrogens is 1120 g/mol. The highest BCUT2D eigenvalue weighted by Crippen LogP contribution is 2.59. The summed E-state index contributed by atoms with van der Waals surface area (Å²) >= 11 is 0. The lowest BCUT2D eigenvalue weighted by molar-refractivity contribution is -0.400. The Hall–Kier alpha value is -4.41. The fraction of sp³-hybridized carbons (Fsp3) is 0.792. The van der Waals surface area contributed by atoms with Crippen LogP contribution in [0.5, 0.6) is 0 Å². The van der Waals surface area contributed by atoms with Gasteiger partial charge in [-0.25, -0.2) is 26.7 Å². The van der Waals surface area contributed by atoms with Crippen molar-refractivity contribution in [2.45, 2.75) is 206 Å². The van der Waals surface area contributed by atoms with Crippen LogP contribution in [0.15, 0.2) is 0 Å². The summed E-state index contributed by atoms with van der Waals surface area (Å²) in [6.07, 6.45) is -33.2. The highest BCUT2D eigenvalue weighted by Gasteiger charge is 2.79. The van der Waals surface area contributed by atoms with Gasteiger partial charge in [-0.15, -0.1) is 0 Å². The van der Waals surface area contributed by atoms with Crippen LogP contribution in [0.25, 0.3) is 0 Å². The third-order valence-corrected chi connectivity index (χ3v) is 14.2. The van der Waals surface area contributed by atoms with E-state index in [1.807, 2.05) is 6.92 Å². The summed E-state index contributed by atoms with van der Waals surface area (Å²) in [5, 5.41) is 9.42. The fourth-order valence-corrected chi connectivity index (χ4v) is 7.22. The van der Waals surface area contributed by atoms with E-state index in [1.54, 1.807) is 27.7 Å². The Bertz CT molecular complexity index is 2170. The van der Waals surface area contributed by atoms with Crippen molar-refractivity contribution in [1.82, 2.24) is 0 Å². The maximum absolute atomic E-state index is 13.8. The lowest BCUT2D eigenvalue weighted by atomic mass is 9.67. The standard InChI is InChI=1S/C18H22F12O3.C10H9F5.C10H14F4O2.C10H16O4/c1-4-12(2,3)11(31)33-14(17(25,26)27,18(28,29)30)10-7-5-9(6-8-10)13(32,15(19,20)21)16(22,23)24;1-3-4(2)5-6(11)8(13)10(15)9(14)7(5)12;1-4-8(2,3)7(15)16-6-5-9(11,12)10(6,13)14;1-4-10(2,3)9(12)14-7-5-6-13-8(7)11/h9-10,32H,4-8H2,1-3H3;4H,3H2,1-2H3;6H,4-5H2,1-3H3;7H,4-6H2,1-3H3. The number of alkyl halides is 16. The molecule has 4 rings (SSSR count). The Morgan fingerprint density at radius 2 is 0.936 bits per heavy atom. The van der Waals surface area contributed by atoms with E-state index in [-0.39, 0.29) is 12.4 Å². The minimum absolute atomic E-state index is 0.228. The van der Waals surface area contributed by atoms with Gasteiger partial charge < -0.3 is 24.1 Å². The predicted molar refractivity (Wildman–Crippen MR) is 230 cm³/mol. The van der Waals surface area contributed by atoms with E-state index in [0.717, 1.165) is 13.8 Å². The summed E-state index contributed by atoms with van der Waals surface area (Å²) in [7, 11) is 0. The first-order chi connectivity index (χ1) is 34.8. The monoisotopic (exact) mass is 1180 g/mol. The summed E-state index contributed by atoms with van der Waals surface area (Å²) in [5.41, 5.74) is -14.5. The number of ether oxygens (including phenoxy) is 4. The Morgan fingerprint density at radius 1 is 0.577 bits per heavy atom. The molecule has 0 spiro atoms. The number of hydrogen-bond donors (Lipinski definition) is 1. The van der Waals surface area contributed by atoms with Gasteiger partial charge in [0, 0.05) is 23.8 Å². The Morgan fingerprint density at radius 3 is 1.24 bits per heavy atom. The van der Waals surface area contributed by atoms with E-state index in [0.29, 0.717) is 32.3 Å². The van der Waals surface area contributed by atoms with Gasteiger partial charge in [-0.05, 0) is 98.8 Å². The van der Waals surface area contributed by atoms with Crippen molar-refractivity contribution in [3.63, 3.8) is 0 Å². The molecule has 0 amide bonds. The maximum Gasteiger partial charge on any atom is 0.437 e. The molecule has 2 saturated carbocycles. The minimum Gasteiger partial charge on any atom is -0.463 e. The Kier molecular flexibility index (Phi) is 23.1. The SMILES string of the molecule is CCC(C)(C)C(=O)OC(C1CCC(C(O)(C(F)(F)F)C(F)(F)F)CC1)(C(F)(F)F)C(F)(F)F.CCC(C)(C)C(=O)OC1CC(F)(F)C1(F)F.CCC(C)(C)C(=O)OC1CCOC1=O.CCC(C)c1c(F)c(F)c(F)c(F)c1F. The van der Waals surface area contributed by atoms with Crippen LogP contribution in [0, 0.1) is 57.2 Å². The molecule has 1 N–H and O–H groups in total. The zero-order valence-corrected chi connectivity index (χ0v) is 43.8. The largest absolute Gasteiger partial charge is 0.463 e. The first-order valence-corrected chi connectivity index (χ1v) is 23.9. The third kappa shape index (κ3) is 15.1. The molecule has 78 heavy (non-hydrogen) atoms. The summed E-state index contributed by atoms with van der Waals surface area (Å²) in [6.45, 7) is 16.9. The van der Waals surface area contributed by atoms with E-state index in [9.17, 15) is 116 Å². The van der Waals surface area contributed by atoms with E-state index >= 15 is 0 Å². The molecule has 3 atom stereocenters. The zero-order valence-electron chi connectivity index (χ0n) is 43.8. The summed E-state index contributed by atoms with van der Waals surface area (Å²) in [5.74, 6) is -27.4. The molecule has 454 valence electrons. The zero-order chi connectivity index (χ0) is 61.8.